The molecule has 0 bridgehead atoms. The highest BCUT2D eigenvalue weighted by Crippen LogP contribution is 2.26. The number of carbonyl (C=O) groups excluding carboxylic acids is 1. The Morgan fingerprint density at radius 2 is 1.85 bits per heavy atom. The first-order valence-corrected chi connectivity index (χ1v) is 8.11. The number of benzene rings is 1. The van der Waals surface area contributed by atoms with E-state index in [9.17, 15) is 9.18 Å². The average molecular weight is 296 g/mol. The molecule has 1 aliphatic heterocycles. The third-order valence-corrected chi connectivity index (χ3v) is 4.59. The van der Waals surface area contributed by atoms with Crippen LogP contribution in [0.2, 0.25) is 0 Å². The van der Waals surface area contributed by atoms with Crippen molar-refractivity contribution in [2.24, 2.45) is 0 Å². The summed E-state index contributed by atoms with van der Waals surface area (Å²) in [4.78, 5) is 14.8. The zero-order valence-corrected chi connectivity index (χ0v) is 12.4. The van der Waals surface area contributed by atoms with Crippen LogP contribution >= 0.6 is 11.8 Å². The van der Waals surface area contributed by atoms with Crippen molar-refractivity contribution in [3.8, 4) is 0 Å². The van der Waals surface area contributed by atoms with E-state index >= 15 is 0 Å². The third-order valence-electron chi connectivity index (χ3n) is 3.54. The maximum absolute atomic E-state index is 13.2. The van der Waals surface area contributed by atoms with E-state index in [0.29, 0.717) is 16.3 Å². The molecule has 3 nitrogen and oxygen atoms in total. The van der Waals surface area contributed by atoms with Crippen LogP contribution < -0.4 is 5.73 Å². The van der Waals surface area contributed by atoms with E-state index < -0.39 is 0 Å². The summed E-state index contributed by atoms with van der Waals surface area (Å²) in [5.74, 6) is 0.133. The van der Waals surface area contributed by atoms with E-state index in [1.807, 2.05) is 4.90 Å². The molecule has 0 radical (unpaired) electrons. The number of anilines is 1. The Labute approximate surface area is 123 Å². The quantitative estimate of drug-likeness (QED) is 0.687. The van der Waals surface area contributed by atoms with Gasteiger partial charge in [-0.15, -0.1) is 11.8 Å². The van der Waals surface area contributed by atoms with Gasteiger partial charge in [-0.05, 0) is 31.0 Å². The van der Waals surface area contributed by atoms with Gasteiger partial charge in [0, 0.05) is 23.7 Å². The summed E-state index contributed by atoms with van der Waals surface area (Å²) in [5.41, 5.74) is 6.31. The Balaban J connectivity index is 1.88. The van der Waals surface area contributed by atoms with Gasteiger partial charge in [0.15, 0.2) is 0 Å². The van der Waals surface area contributed by atoms with Crippen LogP contribution in [0.25, 0.3) is 0 Å². The molecule has 0 atom stereocenters. The van der Waals surface area contributed by atoms with Crippen LogP contribution in [0.1, 0.15) is 32.1 Å². The molecule has 5 heteroatoms. The lowest BCUT2D eigenvalue weighted by atomic mass is 10.1. The van der Waals surface area contributed by atoms with Crippen LogP contribution in [0, 0.1) is 5.82 Å². The molecule has 1 saturated heterocycles. The second kappa shape index (κ2) is 7.53. The maximum atomic E-state index is 13.2. The fourth-order valence-corrected chi connectivity index (χ4v) is 3.25. The molecule has 0 spiro atoms. The topological polar surface area (TPSA) is 46.3 Å². The number of halogens is 1. The smallest absolute Gasteiger partial charge is 0.232 e. The maximum Gasteiger partial charge on any atom is 0.232 e. The first-order valence-electron chi connectivity index (χ1n) is 7.12. The van der Waals surface area contributed by atoms with Crippen molar-refractivity contribution in [1.82, 2.24) is 4.90 Å². The summed E-state index contributed by atoms with van der Waals surface area (Å²) in [6.45, 7) is 1.69. The van der Waals surface area contributed by atoms with Gasteiger partial charge in [0.1, 0.15) is 5.82 Å². The van der Waals surface area contributed by atoms with Crippen molar-refractivity contribution in [2.75, 3.05) is 24.6 Å². The number of hydrogen-bond donors (Lipinski definition) is 1. The lowest BCUT2D eigenvalue weighted by Crippen LogP contribution is -2.35. The fourth-order valence-electron chi connectivity index (χ4n) is 2.36. The minimum Gasteiger partial charge on any atom is -0.398 e. The molecule has 1 aliphatic rings. The van der Waals surface area contributed by atoms with Crippen LogP contribution in [0.4, 0.5) is 10.1 Å². The Hall–Kier alpha value is -1.23. The molecule has 0 unspecified atom stereocenters. The van der Waals surface area contributed by atoms with E-state index in [0.717, 1.165) is 25.9 Å². The molecule has 0 aliphatic carbocycles. The highest BCUT2D eigenvalue weighted by Gasteiger charge is 2.15. The van der Waals surface area contributed by atoms with Gasteiger partial charge in [0.25, 0.3) is 0 Å². The summed E-state index contributed by atoms with van der Waals surface area (Å²) < 4.78 is 13.2. The number of nitrogens with zero attached hydrogens (tertiary/aromatic N) is 1. The lowest BCUT2D eigenvalue weighted by molar-refractivity contribution is -0.128. The van der Waals surface area contributed by atoms with E-state index in [4.69, 9.17) is 5.73 Å². The number of thioether (sulfide) groups is 1. The Bertz CT molecular complexity index is 459. The zero-order valence-electron chi connectivity index (χ0n) is 11.6. The van der Waals surface area contributed by atoms with Crippen LogP contribution in [-0.2, 0) is 4.79 Å². The number of rotatable bonds is 3. The molecule has 20 heavy (non-hydrogen) atoms. The first kappa shape index (κ1) is 15.2. The number of amides is 1. The first-order chi connectivity index (χ1) is 9.66. The van der Waals surface area contributed by atoms with Gasteiger partial charge >= 0.3 is 0 Å². The Morgan fingerprint density at radius 3 is 2.55 bits per heavy atom. The van der Waals surface area contributed by atoms with Crippen molar-refractivity contribution >= 4 is 23.4 Å². The van der Waals surface area contributed by atoms with Gasteiger partial charge in [-0.2, -0.15) is 0 Å². The van der Waals surface area contributed by atoms with Gasteiger partial charge in [0.2, 0.25) is 5.91 Å². The number of hydrogen-bond acceptors (Lipinski definition) is 3. The van der Waals surface area contributed by atoms with Crippen molar-refractivity contribution in [3.63, 3.8) is 0 Å². The molecule has 1 aromatic rings. The molecule has 0 aromatic heterocycles. The predicted molar refractivity (Wildman–Crippen MR) is 81.2 cm³/mol. The SMILES string of the molecule is Nc1ccc(F)cc1SCC(=O)N1CCCCCCC1. The predicted octanol–water partition coefficient (Wildman–Crippen LogP) is 3.29. The minimum atomic E-state index is -0.319. The number of nitrogens with two attached hydrogens (primary N) is 1. The second-order valence-electron chi connectivity index (χ2n) is 5.12. The summed E-state index contributed by atoms with van der Waals surface area (Å²) in [5, 5.41) is 0. The summed E-state index contributed by atoms with van der Waals surface area (Å²) in [6.07, 6.45) is 5.84. The highest BCUT2D eigenvalue weighted by molar-refractivity contribution is 8.00. The largest absolute Gasteiger partial charge is 0.398 e. The van der Waals surface area contributed by atoms with Crippen molar-refractivity contribution in [3.05, 3.63) is 24.0 Å². The van der Waals surface area contributed by atoms with Crippen LogP contribution in [-0.4, -0.2) is 29.6 Å². The van der Waals surface area contributed by atoms with Crippen LogP contribution in [0.5, 0.6) is 0 Å². The number of carbonyl (C=O) groups is 1. The van der Waals surface area contributed by atoms with E-state index in [2.05, 4.69) is 0 Å². The molecule has 1 amide bonds. The van der Waals surface area contributed by atoms with Gasteiger partial charge in [0.05, 0.1) is 5.75 Å². The summed E-state index contributed by atoms with van der Waals surface area (Å²) in [7, 11) is 0. The number of nitrogen functional groups attached to an aromatic ring is 1. The molecule has 110 valence electrons. The van der Waals surface area contributed by atoms with Gasteiger partial charge in [-0.25, -0.2) is 4.39 Å². The normalized spacial score (nSPS) is 16.6. The van der Waals surface area contributed by atoms with E-state index in [1.54, 1.807) is 0 Å². The molecule has 2 rings (SSSR count). The zero-order chi connectivity index (χ0) is 14.4. The Kier molecular flexibility index (Phi) is 5.71. The summed E-state index contributed by atoms with van der Waals surface area (Å²) in [6, 6.07) is 4.26. The minimum absolute atomic E-state index is 0.126. The van der Waals surface area contributed by atoms with Crippen molar-refractivity contribution in [2.45, 2.75) is 37.0 Å². The lowest BCUT2D eigenvalue weighted by Gasteiger charge is -2.24. The van der Waals surface area contributed by atoms with Crippen molar-refractivity contribution in [1.29, 1.82) is 0 Å². The average Bonchev–Trinajstić information content (AvgIpc) is 2.39. The molecule has 1 aromatic carbocycles. The molecule has 0 saturated carbocycles. The van der Waals surface area contributed by atoms with Crippen molar-refractivity contribution < 1.29 is 9.18 Å². The molecular weight excluding hydrogens is 275 g/mol. The monoisotopic (exact) mass is 296 g/mol. The molecular formula is C15H21FN2OS. The molecule has 1 heterocycles. The van der Waals surface area contributed by atoms with Gasteiger partial charge < -0.3 is 10.6 Å². The van der Waals surface area contributed by atoms with E-state index in [1.165, 1.54) is 49.2 Å². The van der Waals surface area contributed by atoms with Crippen LogP contribution in [0.3, 0.4) is 0 Å². The van der Waals surface area contributed by atoms with Gasteiger partial charge in [-0.1, -0.05) is 19.3 Å². The molecule has 2 N–H and O–H groups in total. The highest BCUT2D eigenvalue weighted by atomic mass is 32.2. The fraction of sp³-hybridized carbons (Fsp3) is 0.533. The summed E-state index contributed by atoms with van der Waals surface area (Å²) >= 11 is 1.32. The second-order valence-corrected chi connectivity index (χ2v) is 6.14. The van der Waals surface area contributed by atoms with E-state index in [-0.39, 0.29) is 11.7 Å². The molecule has 1 fully saturated rings. The number of likely N-dealkylation sites (tertiary alicyclic amines) is 1. The van der Waals surface area contributed by atoms with Gasteiger partial charge in [-0.3, -0.25) is 4.79 Å². The standard InChI is InChI=1S/C15H21FN2OS/c16-12-6-7-13(17)14(10-12)20-11-15(19)18-8-4-2-1-3-5-9-18/h6-7,10H,1-5,8-9,11,17H2. The third kappa shape index (κ3) is 4.40. The van der Waals surface area contributed by atoms with Crippen LogP contribution in [0.15, 0.2) is 23.1 Å². The Morgan fingerprint density at radius 1 is 1.20 bits per heavy atom.